The molecule has 0 aliphatic rings. The number of hydrogen-bond acceptors (Lipinski definition) is 6. The quantitative estimate of drug-likeness (QED) is 0.646. The molecule has 6 nitrogen and oxygen atoms in total. The minimum Gasteiger partial charge on any atom is -0.508 e. The zero-order valence-corrected chi connectivity index (χ0v) is 15.3. The van der Waals surface area contributed by atoms with Crippen LogP contribution in [-0.4, -0.2) is 27.7 Å². The van der Waals surface area contributed by atoms with Crippen LogP contribution in [-0.2, 0) is 4.74 Å². The number of esters is 1. The Morgan fingerprint density at radius 3 is 2.81 bits per heavy atom. The van der Waals surface area contributed by atoms with E-state index < -0.39 is 5.97 Å². The van der Waals surface area contributed by atoms with Crippen molar-refractivity contribution in [1.82, 2.24) is 9.97 Å². The Hall–Kier alpha value is -2.86. The summed E-state index contributed by atoms with van der Waals surface area (Å²) in [4.78, 5) is 21.1. The predicted molar refractivity (Wildman–Crippen MR) is 103 cm³/mol. The van der Waals surface area contributed by atoms with E-state index in [2.05, 4.69) is 15.3 Å². The average molecular weight is 374 g/mol. The highest BCUT2D eigenvalue weighted by atomic mass is 35.5. The molecule has 2 N–H and O–H groups in total. The van der Waals surface area contributed by atoms with E-state index in [1.807, 2.05) is 26.0 Å². The van der Waals surface area contributed by atoms with Gasteiger partial charge in [0.25, 0.3) is 0 Å². The molecule has 0 radical (unpaired) electrons. The normalized spacial score (nSPS) is 10.2. The molecule has 0 spiro atoms. The van der Waals surface area contributed by atoms with Crippen molar-refractivity contribution in [2.24, 2.45) is 0 Å². The number of pyridine rings is 2. The van der Waals surface area contributed by atoms with E-state index in [-0.39, 0.29) is 18.2 Å². The molecule has 3 aromatic rings. The predicted octanol–water partition coefficient (Wildman–Crippen LogP) is 4.38. The van der Waals surface area contributed by atoms with Crippen LogP contribution < -0.4 is 5.32 Å². The molecule has 0 aliphatic carbocycles. The molecule has 0 amide bonds. The van der Waals surface area contributed by atoms with Crippen molar-refractivity contribution < 1.29 is 14.6 Å². The van der Waals surface area contributed by atoms with Crippen LogP contribution in [0.1, 0.15) is 29.4 Å². The number of anilines is 2. The maximum absolute atomic E-state index is 12.4. The van der Waals surface area contributed by atoms with E-state index in [4.69, 9.17) is 4.74 Å². The topological polar surface area (TPSA) is 84.3 Å². The highest BCUT2D eigenvalue weighted by molar-refractivity contribution is 6.05. The Labute approximate surface area is 157 Å². The lowest BCUT2D eigenvalue weighted by Gasteiger charge is -2.14. The first-order valence-electron chi connectivity index (χ1n) is 8.08. The summed E-state index contributed by atoms with van der Waals surface area (Å²) in [5, 5.41) is 13.6. The highest BCUT2D eigenvalue weighted by Gasteiger charge is 2.18. The van der Waals surface area contributed by atoms with Crippen molar-refractivity contribution in [2.75, 3.05) is 11.9 Å². The first-order chi connectivity index (χ1) is 12.1. The number of phenols is 1. The van der Waals surface area contributed by atoms with Gasteiger partial charge in [-0.15, -0.1) is 12.4 Å². The molecule has 0 saturated heterocycles. The monoisotopic (exact) mass is 373 g/mol. The third-order valence-corrected chi connectivity index (χ3v) is 3.64. The molecule has 0 aliphatic heterocycles. The molecule has 2 heterocycles. The second-order valence-electron chi connectivity index (χ2n) is 5.68. The third kappa shape index (κ3) is 4.21. The number of fused-ring (bicyclic) bond motifs is 1. The van der Waals surface area contributed by atoms with Crippen LogP contribution >= 0.6 is 12.4 Å². The maximum Gasteiger partial charge on any atom is 0.341 e. The average Bonchev–Trinajstić information content (AvgIpc) is 2.59. The minimum atomic E-state index is -0.445. The first-order valence-corrected chi connectivity index (χ1v) is 8.08. The van der Waals surface area contributed by atoms with Gasteiger partial charge in [-0.25, -0.2) is 14.8 Å². The van der Waals surface area contributed by atoms with Gasteiger partial charge in [-0.2, -0.15) is 0 Å². The smallest absolute Gasteiger partial charge is 0.341 e. The lowest BCUT2D eigenvalue weighted by atomic mass is 10.1. The standard InChI is InChI=1S/C19H19N3O3.ClH/c1-3-9-25-19(24)16-11-20-18-15(8-7-12(2)21-18)17(16)22-13-5-4-6-14(23)10-13;/h4-8,10-11,23H,3,9H2,1-2H3,(H,20,21,22);1H. The van der Waals surface area contributed by atoms with Crippen molar-refractivity contribution in [3.8, 4) is 5.75 Å². The number of hydrogen-bond donors (Lipinski definition) is 2. The molecule has 0 fully saturated rings. The van der Waals surface area contributed by atoms with E-state index in [1.54, 1.807) is 24.3 Å². The fraction of sp³-hybridized carbons (Fsp3) is 0.211. The van der Waals surface area contributed by atoms with Crippen molar-refractivity contribution in [3.05, 3.63) is 53.9 Å². The summed E-state index contributed by atoms with van der Waals surface area (Å²) < 4.78 is 5.26. The minimum absolute atomic E-state index is 0. The van der Waals surface area contributed by atoms with Crippen molar-refractivity contribution in [3.63, 3.8) is 0 Å². The van der Waals surface area contributed by atoms with Crippen molar-refractivity contribution >= 4 is 40.8 Å². The molecule has 3 rings (SSSR count). The molecule has 0 unspecified atom stereocenters. The molecule has 7 heteroatoms. The molecule has 1 aromatic carbocycles. The third-order valence-electron chi connectivity index (χ3n) is 3.64. The summed E-state index contributed by atoms with van der Waals surface area (Å²) in [6, 6.07) is 10.4. The van der Waals surface area contributed by atoms with E-state index in [1.165, 1.54) is 6.20 Å². The van der Waals surface area contributed by atoms with Crippen LogP contribution in [0.2, 0.25) is 0 Å². The first kappa shape index (κ1) is 19.5. The van der Waals surface area contributed by atoms with Gasteiger partial charge in [-0.3, -0.25) is 0 Å². The SMILES string of the molecule is CCCOC(=O)c1cnc2nc(C)ccc2c1Nc1cccc(O)c1.Cl. The lowest BCUT2D eigenvalue weighted by Crippen LogP contribution is -2.10. The van der Waals surface area contributed by atoms with Gasteiger partial charge in [0.05, 0.1) is 12.3 Å². The molecular formula is C19H20ClN3O3. The van der Waals surface area contributed by atoms with Crippen LogP contribution in [0.4, 0.5) is 11.4 Å². The molecule has 2 aromatic heterocycles. The molecule has 26 heavy (non-hydrogen) atoms. The number of nitrogens with zero attached hydrogens (tertiary/aromatic N) is 2. The van der Waals surface area contributed by atoms with Crippen LogP contribution in [0.5, 0.6) is 5.75 Å². The van der Waals surface area contributed by atoms with Crippen molar-refractivity contribution in [2.45, 2.75) is 20.3 Å². The van der Waals surface area contributed by atoms with Gasteiger partial charge in [0.1, 0.15) is 11.3 Å². The van der Waals surface area contributed by atoms with Gasteiger partial charge >= 0.3 is 5.97 Å². The number of aromatic hydroxyl groups is 1. The van der Waals surface area contributed by atoms with Crippen molar-refractivity contribution in [1.29, 1.82) is 0 Å². The Bertz CT molecular complexity index is 931. The van der Waals surface area contributed by atoms with E-state index in [0.29, 0.717) is 34.6 Å². The number of aryl methyl sites for hydroxylation is 1. The zero-order valence-electron chi connectivity index (χ0n) is 14.5. The molecule has 136 valence electrons. The summed E-state index contributed by atoms with van der Waals surface area (Å²) >= 11 is 0. The maximum atomic E-state index is 12.4. The second kappa shape index (κ2) is 8.49. The van der Waals surface area contributed by atoms with Crippen LogP contribution in [0, 0.1) is 6.92 Å². The van der Waals surface area contributed by atoms with Gasteiger partial charge in [0.15, 0.2) is 5.65 Å². The van der Waals surface area contributed by atoms with E-state index in [0.717, 1.165) is 12.1 Å². The fourth-order valence-corrected chi connectivity index (χ4v) is 2.46. The molecule has 0 atom stereocenters. The number of carbonyl (C=O) groups excluding carboxylic acids is 1. The Kier molecular flexibility index (Phi) is 6.36. The van der Waals surface area contributed by atoms with Gasteiger partial charge in [-0.1, -0.05) is 13.0 Å². The zero-order chi connectivity index (χ0) is 17.8. The Balaban J connectivity index is 0.00000243. The second-order valence-corrected chi connectivity index (χ2v) is 5.68. The van der Waals surface area contributed by atoms with Gasteiger partial charge in [0.2, 0.25) is 0 Å². The van der Waals surface area contributed by atoms with Gasteiger partial charge in [-0.05, 0) is 37.6 Å². The number of aromatic nitrogens is 2. The summed E-state index contributed by atoms with van der Waals surface area (Å²) in [5.74, 6) is -0.313. The van der Waals surface area contributed by atoms with Crippen LogP contribution in [0.15, 0.2) is 42.6 Å². The fourth-order valence-electron chi connectivity index (χ4n) is 2.46. The Morgan fingerprint density at radius 1 is 1.27 bits per heavy atom. The summed E-state index contributed by atoms with van der Waals surface area (Å²) in [6.45, 7) is 4.16. The molecular weight excluding hydrogens is 354 g/mol. The highest BCUT2D eigenvalue weighted by Crippen LogP contribution is 2.30. The number of ether oxygens (including phenoxy) is 1. The van der Waals surface area contributed by atoms with Gasteiger partial charge < -0.3 is 15.2 Å². The summed E-state index contributed by atoms with van der Waals surface area (Å²) in [6.07, 6.45) is 2.21. The largest absolute Gasteiger partial charge is 0.508 e. The molecule has 0 saturated carbocycles. The number of halogens is 1. The van der Waals surface area contributed by atoms with Crippen LogP contribution in [0.3, 0.4) is 0 Å². The number of benzene rings is 1. The number of rotatable bonds is 5. The van der Waals surface area contributed by atoms with E-state index in [9.17, 15) is 9.90 Å². The molecule has 0 bridgehead atoms. The number of nitrogens with one attached hydrogen (secondary N) is 1. The lowest BCUT2D eigenvalue weighted by molar-refractivity contribution is 0.0506. The number of phenolic OH excluding ortho intramolecular Hbond substituents is 1. The number of carbonyl (C=O) groups is 1. The van der Waals surface area contributed by atoms with Gasteiger partial charge in [0, 0.05) is 29.0 Å². The van der Waals surface area contributed by atoms with Crippen LogP contribution in [0.25, 0.3) is 11.0 Å². The summed E-state index contributed by atoms with van der Waals surface area (Å²) in [5.41, 5.74) is 2.91. The summed E-state index contributed by atoms with van der Waals surface area (Å²) in [7, 11) is 0. The van der Waals surface area contributed by atoms with E-state index >= 15 is 0 Å². The Morgan fingerprint density at radius 2 is 2.08 bits per heavy atom.